The van der Waals surface area contributed by atoms with Gasteiger partial charge in [-0.05, 0) is 55.0 Å². The summed E-state index contributed by atoms with van der Waals surface area (Å²) in [5.74, 6) is -0.431. The van der Waals surface area contributed by atoms with Gasteiger partial charge in [0.2, 0.25) is 0 Å². The van der Waals surface area contributed by atoms with Crippen molar-refractivity contribution in [3.05, 3.63) is 56.5 Å². The van der Waals surface area contributed by atoms with E-state index in [4.69, 9.17) is 47.0 Å². The number of aromatic nitrogens is 1. The lowest BCUT2D eigenvalue weighted by Crippen LogP contribution is -2.34. The molecule has 0 fully saturated rings. The molecule has 25 heavy (non-hydrogen) atoms. The normalized spacial score (nSPS) is 10.7. The van der Waals surface area contributed by atoms with Crippen LogP contribution in [0.3, 0.4) is 0 Å². The number of benzene rings is 2. The molecule has 128 valence electrons. The Morgan fingerprint density at radius 2 is 1.92 bits per heavy atom. The fraction of sp³-hybridized carbons (Fsp3) is 0.0625. The molecule has 2 N–H and O–H groups in total. The van der Waals surface area contributed by atoms with Gasteiger partial charge in [0.25, 0.3) is 5.91 Å². The monoisotopic (exact) mass is 429 g/mol. The van der Waals surface area contributed by atoms with Crippen molar-refractivity contribution in [2.45, 2.75) is 6.92 Å². The van der Waals surface area contributed by atoms with E-state index in [0.29, 0.717) is 15.2 Å². The standard InChI is InChI=1S/C16H10Cl3N3OS2/c1-7-4-13-12(6-10(7)18)20-16(25-13)22-15(24)21-14(23)9-3-2-8(17)5-11(9)19/h2-6H,1H3,(H2,20,21,22,23,24). The van der Waals surface area contributed by atoms with Crippen LogP contribution in [0.4, 0.5) is 5.13 Å². The molecule has 0 saturated carbocycles. The van der Waals surface area contributed by atoms with Crippen molar-refractivity contribution in [2.24, 2.45) is 0 Å². The molecule has 1 aromatic heterocycles. The molecular weight excluding hydrogens is 421 g/mol. The minimum Gasteiger partial charge on any atom is -0.308 e. The van der Waals surface area contributed by atoms with E-state index < -0.39 is 5.91 Å². The van der Waals surface area contributed by atoms with Crippen LogP contribution in [0, 0.1) is 6.92 Å². The molecule has 0 aliphatic heterocycles. The van der Waals surface area contributed by atoms with Crippen LogP contribution in [0.5, 0.6) is 0 Å². The maximum atomic E-state index is 12.2. The van der Waals surface area contributed by atoms with Crippen LogP contribution in [-0.4, -0.2) is 16.0 Å². The van der Waals surface area contributed by atoms with Crippen LogP contribution in [0.2, 0.25) is 15.1 Å². The number of carbonyl (C=O) groups is 1. The predicted octanol–water partition coefficient (Wildman–Crippen LogP) is 5.69. The Morgan fingerprint density at radius 3 is 2.64 bits per heavy atom. The van der Waals surface area contributed by atoms with Crippen molar-refractivity contribution in [3.8, 4) is 0 Å². The van der Waals surface area contributed by atoms with Gasteiger partial charge in [-0.25, -0.2) is 4.98 Å². The fourth-order valence-corrected chi connectivity index (χ4v) is 3.93. The van der Waals surface area contributed by atoms with Crippen LogP contribution >= 0.6 is 58.4 Å². The van der Waals surface area contributed by atoms with Crippen molar-refractivity contribution in [3.63, 3.8) is 0 Å². The van der Waals surface area contributed by atoms with E-state index in [-0.39, 0.29) is 15.7 Å². The predicted molar refractivity (Wildman–Crippen MR) is 110 cm³/mol. The second-order valence-electron chi connectivity index (χ2n) is 5.12. The molecule has 9 heteroatoms. The lowest BCUT2D eigenvalue weighted by atomic mass is 10.2. The highest BCUT2D eigenvalue weighted by Crippen LogP contribution is 2.30. The van der Waals surface area contributed by atoms with Crippen LogP contribution in [-0.2, 0) is 0 Å². The average Bonchev–Trinajstić information content (AvgIpc) is 2.88. The average molecular weight is 431 g/mol. The van der Waals surface area contributed by atoms with Crippen molar-refractivity contribution < 1.29 is 4.79 Å². The molecule has 0 bridgehead atoms. The number of thiazole rings is 1. The first kappa shape index (κ1) is 18.4. The second-order valence-corrected chi connectivity index (χ2v) is 7.81. The van der Waals surface area contributed by atoms with E-state index >= 15 is 0 Å². The molecule has 0 saturated heterocycles. The molecular formula is C16H10Cl3N3OS2. The number of fused-ring (bicyclic) bond motifs is 1. The number of anilines is 1. The summed E-state index contributed by atoms with van der Waals surface area (Å²) in [7, 11) is 0. The molecule has 1 amide bonds. The molecule has 4 nitrogen and oxygen atoms in total. The van der Waals surface area contributed by atoms with Crippen molar-refractivity contribution in [2.75, 3.05) is 5.32 Å². The number of thiocarbonyl (C=S) groups is 1. The smallest absolute Gasteiger partial charge is 0.258 e. The molecule has 0 aliphatic rings. The quantitative estimate of drug-likeness (QED) is 0.513. The van der Waals surface area contributed by atoms with E-state index in [1.54, 1.807) is 12.1 Å². The lowest BCUT2D eigenvalue weighted by molar-refractivity contribution is 0.0978. The minimum atomic E-state index is -0.431. The Balaban J connectivity index is 1.73. The first-order chi connectivity index (χ1) is 11.8. The lowest BCUT2D eigenvalue weighted by Gasteiger charge is -2.08. The van der Waals surface area contributed by atoms with Gasteiger partial charge in [-0.3, -0.25) is 10.1 Å². The summed E-state index contributed by atoms with van der Waals surface area (Å²) in [6.45, 7) is 1.93. The molecule has 3 aromatic rings. The molecule has 0 radical (unpaired) electrons. The fourth-order valence-electron chi connectivity index (χ4n) is 2.08. The number of amides is 1. The van der Waals surface area contributed by atoms with Gasteiger partial charge in [-0.1, -0.05) is 46.1 Å². The van der Waals surface area contributed by atoms with Crippen molar-refractivity contribution in [1.29, 1.82) is 0 Å². The van der Waals surface area contributed by atoms with Gasteiger partial charge in [0.15, 0.2) is 10.2 Å². The molecule has 0 aliphatic carbocycles. The molecule has 0 spiro atoms. The van der Waals surface area contributed by atoms with E-state index in [1.807, 2.05) is 13.0 Å². The SMILES string of the molecule is Cc1cc2sc(NC(=S)NC(=O)c3ccc(Cl)cc3Cl)nc2cc1Cl. The van der Waals surface area contributed by atoms with Gasteiger partial charge < -0.3 is 5.32 Å². The highest BCUT2D eigenvalue weighted by molar-refractivity contribution is 7.80. The number of halogens is 3. The summed E-state index contributed by atoms with van der Waals surface area (Å²) in [6.07, 6.45) is 0. The third kappa shape index (κ3) is 4.22. The van der Waals surface area contributed by atoms with E-state index in [2.05, 4.69) is 15.6 Å². The van der Waals surface area contributed by atoms with Crippen LogP contribution in [0.15, 0.2) is 30.3 Å². The third-order valence-electron chi connectivity index (χ3n) is 3.29. The molecule has 2 aromatic carbocycles. The number of hydrogen-bond acceptors (Lipinski definition) is 4. The van der Waals surface area contributed by atoms with E-state index in [0.717, 1.165) is 15.8 Å². The zero-order chi connectivity index (χ0) is 18.1. The summed E-state index contributed by atoms with van der Waals surface area (Å²) >= 11 is 24.5. The Bertz CT molecular complexity index is 965. The van der Waals surface area contributed by atoms with Gasteiger partial charge in [0.1, 0.15) is 0 Å². The maximum absolute atomic E-state index is 12.2. The topological polar surface area (TPSA) is 54.0 Å². The second kappa shape index (κ2) is 7.43. The van der Waals surface area contributed by atoms with E-state index in [1.165, 1.54) is 23.5 Å². The van der Waals surface area contributed by atoms with Gasteiger partial charge >= 0.3 is 0 Å². The first-order valence-corrected chi connectivity index (χ1v) is 9.33. The number of nitrogens with one attached hydrogen (secondary N) is 2. The molecule has 1 heterocycles. The summed E-state index contributed by atoms with van der Waals surface area (Å²) < 4.78 is 0.972. The largest absolute Gasteiger partial charge is 0.308 e. The Hall–Kier alpha value is -1.44. The highest BCUT2D eigenvalue weighted by atomic mass is 35.5. The summed E-state index contributed by atoms with van der Waals surface area (Å²) in [5.41, 5.74) is 2.01. The minimum absolute atomic E-state index is 0.123. The Labute approximate surface area is 168 Å². The zero-order valence-electron chi connectivity index (χ0n) is 12.7. The number of aryl methyl sites for hydroxylation is 1. The number of carbonyl (C=O) groups excluding carboxylic acids is 1. The van der Waals surface area contributed by atoms with Gasteiger partial charge in [0, 0.05) is 10.0 Å². The van der Waals surface area contributed by atoms with Crippen LogP contribution in [0.25, 0.3) is 10.2 Å². The number of nitrogens with zero attached hydrogens (tertiary/aromatic N) is 1. The van der Waals surface area contributed by atoms with E-state index in [9.17, 15) is 4.79 Å². The van der Waals surface area contributed by atoms with Gasteiger partial charge in [0.05, 0.1) is 20.8 Å². The number of hydrogen-bond donors (Lipinski definition) is 2. The Kier molecular flexibility index (Phi) is 5.46. The molecule has 0 atom stereocenters. The Morgan fingerprint density at radius 1 is 1.16 bits per heavy atom. The number of rotatable bonds is 2. The zero-order valence-corrected chi connectivity index (χ0v) is 16.6. The first-order valence-electron chi connectivity index (χ1n) is 6.97. The highest BCUT2D eigenvalue weighted by Gasteiger charge is 2.14. The third-order valence-corrected chi connectivity index (χ3v) is 5.38. The molecule has 0 unspecified atom stereocenters. The van der Waals surface area contributed by atoms with Crippen LogP contribution < -0.4 is 10.6 Å². The summed E-state index contributed by atoms with van der Waals surface area (Å²) in [6, 6.07) is 8.36. The summed E-state index contributed by atoms with van der Waals surface area (Å²) in [5, 5.41) is 7.49. The summed E-state index contributed by atoms with van der Waals surface area (Å²) in [4.78, 5) is 16.6. The van der Waals surface area contributed by atoms with Gasteiger partial charge in [-0.15, -0.1) is 0 Å². The van der Waals surface area contributed by atoms with Gasteiger partial charge in [-0.2, -0.15) is 0 Å². The molecule has 3 rings (SSSR count). The van der Waals surface area contributed by atoms with Crippen molar-refractivity contribution >= 4 is 84.7 Å². The van der Waals surface area contributed by atoms with Crippen LogP contribution in [0.1, 0.15) is 15.9 Å². The maximum Gasteiger partial charge on any atom is 0.258 e. The van der Waals surface area contributed by atoms with Crippen molar-refractivity contribution in [1.82, 2.24) is 10.3 Å².